The smallest absolute Gasteiger partial charge is 0.387 e. The molecule has 1 saturated carbocycles. The Morgan fingerprint density at radius 3 is 2.76 bits per heavy atom. The molecule has 10 heteroatoms. The molecule has 1 saturated heterocycles. The van der Waals surface area contributed by atoms with Crippen molar-refractivity contribution in [2.45, 2.75) is 44.1 Å². The lowest BCUT2D eigenvalue weighted by Gasteiger charge is -2.35. The predicted molar refractivity (Wildman–Crippen MR) is 136 cm³/mol. The second-order valence-corrected chi connectivity index (χ2v) is 10.4. The zero-order valence-electron chi connectivity index (χ0n) is 20.0. The van der Waals surface area contributed by atoms with Gasteiger partial charge in [0.2, 0.25) is 0 Å². The minimum atomic E-state index is -0.672. The molecule has 0 radical (unpaired) electrons. The molecule has 0 bridgehead atoms. The molecule has 2 aliphatic rings. The molecule has 2 amide bonds. The number of nitrogens with one attached hydrogen (secondary N) is 1. The number of piperidine rings is 1. The van der Waals surface area contributed by atoms with Crippen LogP contribution in [0.2, 0.25) is 0 Å². The van der Waals surface area contributed by atoms with Gasteiger partial charge in [0.1, 0.15) is 11.5 Å². The van der Waals surface area contributed by atoms with E-state index in [1.807, 2.05) is 0 Å². The maximum Gasteiger partial charge on any atom is 0.414 e. The van der Waals surface area contributed by atoms with Crippen LogP contribution in [0.15, 0.2) is 53.1 Å². The van der Waals surface area contributed by atoms with Crippen LogP contribution in [0, 0.1) is 5.82 Å². The normalized spacial score (nSPS) is 17.6. The molecule has 0 unspecified atom stereocenters. The molecular formula is C27H25FN4O4S. The topological polar surface area (TPSA) is 97.6 Å². The molecule has 1 aliphatic carbocycles. The second-order valence-electron chi connectivity index (χ2n) is 9.39. The number of ether oxygens (including phenoxy) is 1. The highest BCUT2D eigenvalue weighted by Crippen LogP contribution is 2.45. The number of likely N-dealkylation sites (tertiary alicyclic amines) is 1. The van der Waals surface area contributed by atoms with E-state index in [4.69, 9.17) is 14.2 Å². The Morgan fingerprint density at radius 1 is 1.11 bits per heavy atom. The molecule has 4 aromatic rings. The molecule has 37 heavy (non-hydrogen) atoms. The number of hydrogen-bond donors (Lipinski definition) is 1. The highest BCUT2D eigenvalue weighted by Gasteiger charge is 2.35. The lowest BCUT2D eigenvalue weighted by Crippen LogP contribution is -2.50. The first-order chi connectivity index (χ1) is 18.1. The van der Waals surface area contributed by atoms with Crippen LogP contribution < -0.4 is 10.1 Å². The number of nitrogens with zero attached hydrogens (tertiary/aromatic N) is 3. The summed E-state index contributed by atoms with van der Waals surface area (Å²) in [6, 6.07) is 13.4. The molecule has 1 atom stereocenters. The van der Waals surface area contributed by atoms with Crippen molar-refractivity contribution in [1.82, 2.24) is 20.4 Å². The average molecular weight is 521 g/mol. The highest BCUT2D eigenvalue weighted by molar-refractivity contribution is 7.15. The maximum atomic E-state index is 14.7. The van der Waals surface area contributed by atoms with Gasteiger partial charge in [-0.15, -0.1) is 11.3 Å². The Morgan fingerprint density at radius 2 is 1.92 bits per heavy atom. The van der Waals surface area contributed by atoms with Crippen LogP contribution >= 0.6 is 11.3 Å². The third-order valence-corrected chi connectivity index (χ3v) is 8.05. The molecule has 8 nitrogen and oxygen atoms in total. The minimum absolute atomic E-state index is 0.0919. The minimum Gasteiger partial charge on any atom is -0.387 e. The van der Waals surface area contributed by atoms with Crippen molar-refractivity contribution in [2.24, 2.45) is 0 Å². The third-order valence-electron chi connectivity index (χ3n) is 6.80. The van der Waals surface area contributed by atoms with Gasteiger partial charge in [-0.1, -0.05) is 30.3 Å². The van der Waals surface area contributed by atoms with Crippen LogP contribution in [0.25, 0.3) is 21.4 Å². The number of carbonyl (C=O) groups excluding carboxylic acids is 2. The highest BCUT2D eigenvalue weighted by atomic mass is 32.1. The van der Waals surface area contributed by atoms with Gasteiger partial charge in [-0.25, -0.2) is 14.2 Å². The number of rotatable bonds is 6. The first-order valence-electron chi connectivity index (χ1n) is 12.4. The van der Waals surface area contributed by atoms with E-state index >= 15 is 0 Å². The Labute approximate surface area is 216 Å². The van der Waals surface area contributed by atoms with Crippen molar-refractivity contribution >= 4 is 34.3 Å². The summed E-state index contributed by atoms with van der Waals surface area (Å²) in [6.07, 6.45) is 3.92. The molecule has 1 N–H and O–H groups in total. The zero-order chi connectivity index (χ0) is 25.4. The van der Waals surface area contributed by atoms with Gasteiger partial charge in [0.15, 0.2) is 5.58 Å². The fraction of sp³-hybridized carbons (Fsp3) is 0.333. The van der Waals surface area contributed by atoms with Crippen LogP contribution in [0.3, 0.4) is 0 Å². The molecule has 190 valence electrons. The number of amides is 2. The lowest BCUT2D eigenvalue weighted by molar-refractivity contribution is 0.0607. The van der Waals surface area contributed by atoms with Gasteiger partial charge in [0.25, 0.3) is 11.8 Å². The van der Waals surface area contributed by atoms with Gasteiger partial charge in [-0.3, -0.25) is 4.79 Å². The summed E-state index contributed by atoms with van der Waals surface area (Å²) < 4.78 is 25.2. The predicted octanol–water partition coefficient (Wildman–Crippen LogP) is 5.75. The molecule has 2 aromatic carbocycles. The SMILES string of the molecule is O=C(NC[C@@H]1CCCCN1C(=O)c1nc(C2CC2)sc1-c1ccccc1F)Oc1noc2ccccc12. The number of thiazole rings is 1. The first kappa shape index (κ1) is 23.6. The number of hydrogen-bond acceptors (Lipinski definition) is 7. The van der Waals surface area contributed by atoms with E-state index in [9.17, 15) is 14.0 Å². The number of para-hydroxylation sites is 1. The number of fused-ring (bicyclic) bond motifs is 1. The van der Waals surface area contributed by atoms with Gasteiger partial charge in [0, 0.05) is 30.6 Å². The quantitative estimate of drug-likeness (QED) is 0.348. The van der Waals surface area contributed by atoms with Crippen LogP contribution in [0.4, 0.5) is 9.18 Å². The summed E-state index contributed by atoms with van der Waals surface area (Å²) in [6.45, 7) is 0.760. The average Bonchev–Trinajstić information content (AvgIpc) is 3.56. The van der Waals surface area contributed by atoms with E-state index in [2.05, 4.69) is 10.5 Å². The van der Waals surface area contributed by atoms with E-state index in [1.54, 1.807) is 47.4 Å². The molecule has 3 heterocycles. The number of carbonyl (C=O) groups is 2. The van der Waals surface area contributed by atoms with Gasteiger partial charge >= 0.3 is 6.09 Å². The van der Waals surface area contributed by atoms with E-state index in [-0.39, 0.29) is 30.2 Å². The summed E-state index contributed by atoms with van der Waals surface area (Å²) in [5, 5.41) is 8.07. The second kappa shape index (κ2) is 9.93. The Hall–Kier alpha value is -3.79. The Balaban J connectivity index is 1.19. The van der Waals surface area contributed by atoms with E-state index < -0.39 is 6.09 Å². The van der Waals surface area contributed by atoms with Crippen molar-refractivity contribution in [2.75, 3.05) is 13.1 Å². The first-order valence-corrected chi connectivity index (χ1v) is 13.3. The number of aromatic nitrogens is 2. The number of benzene rings is 2. The largest absolute Gasteiger partial charge is 0.414 e. The summed E-state index contributed by atoms with van der Waals surface area (Å²) in [5.41, 5.74) is 1.21. The summed E-state index contributed by atoms with van der Waals surface area (Å²) in [5.74, 6) is -0.168. The van der Waals surface area contributed by atoms with E-state index in [1.165, 1.54) is 17.4 Å². The Bertz CT molecular complexity index is 1460. The lowest BCUT2D eigenvalue weighted by atomic mass is 10.0. The van der Waals surface area contributed by atoms with Gasteiger partial charge in [-0.2, -0.15) is 0 Å². The maximum absolute atomic E-state index is 14.7. The molecule has 1 aliphatic heterocycles. The molecular weight excluding hydrogens is 495 g/mol. The van der Waals surface area contributed by atoms with Crippen molar-refractivity contribution in [1.29, 1.82) is 0 Å². The standard InChI is InChI=1S/C27H25FN4O4S/c28-20-10-3-1-8-18(20)23-22(30-25(37-23)16-12-13-16)26(33)32-14-6-5-7-17(32)15-29-27(34)35-24-19-9-2-4-11-21(19)36-31-24/h1-4,8-11,16-17H,5-7,12-15H2,(H,29,34)/t17-/m0/s1. The fourth-order valence-electron chi connectivity index (χ4n) is 4.69. The Kier molecular flexibility index (Phi) is 6.33. The van der Waals surface area contributed by atoms with Crippen molar-refractivity contribution in [3.8, 4) is 16.3 Å². The monoisotopic (exact) mass is 520 g/mol. The summed E-state index contributed by atoms with van der Waals surface area (Å²) >= 11 is 1.41. The van der Waals surface area contributed by atoms with Gasteiger partial charge in [-0.05, 0) is 55.5 Å². The third kappa shape index (κ3) is 4.81. The summed E-state index contributed by atoms with van der Waals surface area (Å²) in [7, 11) is 0. The van der Waals surface area contributed by atoms with Crippen LogP contribution in [-0.2, 0) is 0 Å². The molecule has 6 rings (SSSR count). The van der Waals surface area contributed by atoms with Crippen LogP contribution in [0.1, 0.15) is 53.5 Å². The van der Waals surface area contributed by atoms with E-state index in [0.29, 0.717) is 39.6 Å². The summed E-state index contributed by atoms with van der Waals surface area (Å²) in [4.78, 5) is 33.4. The van der Waals surface area contributed by atoms with E-state index in [0.717, 1.165) is 37.1 Å². The zero-order valence-corrected chi connectivity index (χ0v) is 20.8. The van der Waals surface area contributed by atoms with Crippen molar-refractivity contribution in [3.63, 3.8) is 0 Å². The van der Waals surface area contributed by atoms with Crippen LogP contribution in [-0.4, -0.2) is 46.2 Å². The van der Waals surface area contributed by atoms with Crippen LogP contribution in [0.5, 0.6) is 5.88 Å². The van der Waals surface area contributed by atoms with Gasteiger partial charge < -0.3 is 19.5 Å². The molecule has 2 aromatic heterocycles. The van der Waals surface area contributed by atoms with Crippen molar-refractivity contribution in [3.05, 3.63) is 65.0 Å². The van der Waals surface area contributed by atoms with Gasteiger partial charge in [0.05, 0.1) is 15.3 Å². The van der Waals surface area contributed by atoms with Crippen molar-refractivity contribution < 1.29 is 23.2 Å². The fourth-order valence-corrected chi connectivity index (χ4v) is 5.95. The molecule has 0 spiro atoms. The number of halogens is 1. The molecule has 2 fully saturated rings.